The first-order valence-electron chi connectivity index (χ1n) is 11.2. The largest absolute Gasteiger partial charge is 0.321 e. The molecule has 36 heavy (non-hydrogen) atoms. The Morgan fingerprint density at radius 3 is 2.53 bits per heavy atom. The van der Waals surface area contributed by atoms with Crippen molar-refractivity contribution in [2.45, 2.75) is 6.92 Å². The van der Waals surface area contributed by atoms with Gasteiger partial charge in [-0.15, -0.1) is 0 Å². The van der Waals surface area contributed by atoms with E-state index in [0.717, 1.165) is 16.7 Å². The van der Waals surface area contributed by atoms with E-state index in [1.54, 1.807) is 53.9 Å². The second-order valence-corrected chi connectivity index (χ2v) is 8.25. The number of carbonyl (C=O) groups excluding carboxylic acids is 2. The maximum Gasteiger partial charge on any atom is 0.274 e. The van der Waals surface area contributed by atoms with Crippen LogP contribution in [-0.4, -0.2) is 26.1 Å². The molecule has 0 fully saturated rings. The van der Waals surface area contributed by atoms with Crippen molar-refractivity contribution in [1.29, 1.82) is 0 Å². The second kappa shape index (κ2) is 9.38. The van der Waals surface area contributed by atoms with Crippen LogP contribution in [-0.2, 0) is 0 Å². The summed E-state index contributed by atoms with van der Waals surface area (Å²) in [6, 6.07) is 19.0. The maximum absolute atomic E-state index is 13.8. The van der Waals surface area contributed by atoms with E-state index in [0.29, 0.717) is 33.8 Å². The first-order chi connectivity index (χ1) is 17.4. The molecule has 1 N–H and O–H groups in total. The quantitative estimate of drug-likeness (QED) is 0.236. The van der Waals surface area contributed by atoms with Crippen LogP contribution in [0.3, 0.4) is 0 Å². The van der Waals surface area contributed by atoms with Gasteiger partial charge >= 0.3 is 0 Å². The van der Waals surface area contributed by atoms with Gasteiger partial charge in [0, 0.05) is 40.3 Å². The van der Waals surface area contributed by atoms with Crippen molar-refractivity contribution >= 4 is 23.0 Å². The van der Waals surface area contributed by atoms with Crippen molar-refractivity contribution in [1.82, 2.24) is 14.4 Å². The summed E-state index contributed by atoms with van der Waals surface area (Å²) in [6.45, 7) is 5.20. The first-order valence-corrected chi connectivity index (χ1v) is 11.2. The van der Waals surface area contributed by atoms with Crippen molar-refractivity contribution in [2.75, 3.05) is 5.32 Å². The van der Waals surface area contributed by atoms with Crippen LogP contribution in [0.5, 0.6) is 0 Å². The summed E-state index contributed by atoms with van der Waals surface area (Å²) >= 11 is 0. The van der Waals surface area contributed by atoms with E-state index in [-0.39, 0.29) is 17.5 Å². The standard InChI is InChI=1S/C29H21FN4O2/c1-3-26(35)19-6-10-22(11-7-19)33-29(36)25-16-32-27-13-9-21(17-34(25)27)23-5-4-14-31-28(23)20-8-12-24(30)18(2)15-20/h3-17H,1H2,2H3,(H,33,36). The SMILES string of the molecule is C=CC(=O)c1ccc(NC(=O)c2cnc3ccc(-c4cccnc4-c4ccc(F)c(C)c4)cn23)cc1. The average Bonchev–Trinajstić information content (AvgIpc) is 3.34. The zero-order chi connectivity index (χ0) is 25.2. The zero-order valence-corrected chi connectivity index (χ0v) is 19.4. The number of rotatable bonds is 6. The minimum absolute atomic E-state index is 0.187. The van der Waals surface area contributed by atoms with Gasteiger partial charge in [0.05, 0.1) is 11.9 Å². The number of anilines is 1. The summed E-state index contributed by atoms with van der Waals surface area (Å²) < 4.78 is 15.6. The Kier molecular flexibility index (Phi) is 5.96. The number of nitrogens with one attached hydrogen (secondary N) is 1. The Morgan fingerprint density at radius 2 is 1.78 bits per heavy atom. The molecule has 6 nitrogen and oxygen atoms in total. The van der Waals surface area contributed by atoms with Crippen LogP contribution in [0, 0.1) is 12.7 Å². The predicted molar refractivity (Wildman–Crippen MR) is 137 cm³/mol. The van der Waals surface area contributed by atoms with Gasteiger partial charge < -0.3 is 5.32 Å². The van der Waals surface area contributed by atoms with Gasteiger partial charge in [0.15, 0.2) is 5.78 Å². The highest BCUT2D eigenvalue weighted by Gasteiger charge is 2.16. The van der Waals surface area contributed by atoms with Gasteiger partial charge in [0.2, 0.25) is 0 Å². The number of amides is 1. The third-order valence-corrected chi connectivity index (χ3v) is 5.90. The molecule has 0 aliphatic rings. The molecule has 0 radical (unpaired) electrons. The number of nitrogens with zero attached hydrogens (tertiary/aromatic N) is 3. The van der Waals surface area contributed by atoms with Crippen LogP contribution in [0.4, 0.5) is 10.1 Å². The number of hydrogen-bond donors (Lipinski definition) is 1. The van der Waals surface area contributed by atoms with Crippen molar-refractivity contribution in [3.63, 3.8) is 0 Å². The third-order valence-electron chi connectivity index (χ3n) is 5.90. The molecule has 3 heterocycles. The fourth-order valence-electron chi connectivity index (χ4n) is 4.00. The van der Waals surface area contributed by atoms with Crippen molar-refractivity contribution < 1.29 is 14.0 Å². The van der Waals surface area contributed by atoms with E-state index in [2.05, 4.69) is 21.9 Å². The van der Waals surface area contributed by atoms with Crippen LogP contribution in [0.2, 0.25) is 0 Å². The number of aromatic nitrogens is 3. The number of hydrogen-bond acceptors (Lipinski definition) is 4. The van der Waals surface area contributed by atoms with E-state index in [9.17, 15) is 14.0 Å². The van der Waals surface area contributed by atoms with Gasteiger partial charge in [0.25, 0.3) is 5.91 Å². The normalized spacial score (nSPS) is 10.8. The summed E-state index contributed by atoms with van der Waals surface area (Å²) in [5.74, 6) is -0.801. The Balaban J connectivity index is 1.49. The topological polar surface area (TPSA) is 76.4 Å². The lowest BCUT2D eigenvalue weighted by molar-refractivity contribution is 0.101. The van der Waals surface area contributed by atoms with Crippen LogP contribution >= 0.6 is 0 Å². The van der Waals surface area contributed by atoms with Gasteiger partial charge in [-0.3, -0.25) is 19.0 Å². The molecule has 0 aliphatic heterocycles. The van der Waals surface area contributed by atoms with E-state index in [4.69, 9.17) is 0 Å². The lowest BCUT2D eigenvalue weighted by atomic mass is 9.99. The van der Waals surface area contributed by atoms with Crippen LogP contribution in [0.1, 0.15) is 26.4 Å². The Labute approximate surface area is 206 Å². The van der Waals surface area contributed by atoms with Crippen molar-refractivity contribution in [3.05, 3.63) is 121 Å². The molecule has 0 atom stereocenters. The fourth-order valence-corrected chi connectivity index (χ4v) is 4.00. The summed E-state index contributed by atoms with van der Waals surface area (Å²) in [4.78, 5) is 33.7. The first kappa shape index (κ1) is 22.9. The zero-order valence-electron chi connectivity index (χ0n) is 19.4. The molecule has 0 bridgehead atoms. The Hall–Kier alpha value is -4.91. The molecule has 5 rings (SSSR count). The molecule has 176 valence electrons. The van der Waals surface area contributed by atoms with Gasteiger partial charge in [0.1, 0.15) is 17.2 Å². The molecule has 3 aromatic heterocycles. The monoisotopic (exact) mass is 476 g/mol. The molecule has 1 amide bonds. The number of allylic oxidation sites excluding steroid dienone is 1. The molecule has 0 spiro atoms. The molecule has 7 heteroatoms. The second-order valence-electron chi connectivity index (χ2n) is 8.25. The van der Waals surface area contributed by atoms with Gasteiger partial charge in [-0.2, -0.15) is 0 Å². The number of pyridine rings is 2. The fraction of sp³-hybridized carbons (Fsp3) is 0.0345. The predicted octanol–water partition coefficient (Wildman–Crippen LogP) is 6.13. The molecule has 0 saturated carbocycles. The highest BCUT2D eigenvalue weighted by Crippen LogP contribution is 2.31. The number of benzene rings is 2. The van der Waals surface area contributed by atoms with Crippen LogP contribution in [0.25, 0.3) is 28.0 Å². The lowest BCUT2D eigenvalue weighted by Crippen LogP contribution is -2.14. The van der Waals surface area contributed by atoms with Crippen molar-refractivity contribution in [2.24, 2.45) is 0 Å². The molecule has 0 saturated heterocycles. The smallest absolute Gasteiger partial charge is 0.274 e. The lowest BCUT2D eigenvalue weighted by Gasteiger charge is -2.11. The molecule has 0 unspecified atom stereocenters. The summed E-state index contributed by atoms with van der Waals surface area (Å²) in [7, 11) is 0. The highest BCUT2D eigenvalue weighted by atomic mass is 19.1. The van der Waals surface area contributed by atoms with Crippen LogP contribution in [0.15, 0.2) is 98.0 Å². The average molecular weight is 477 g/mol. The Morgan fingerprint density at radius 1 is 1.00 bits per heavy atom. The number of carbonyl (C=O) groups is 2. The maximum atomic E-state index is 13.8. The summed E-state index contributed by atoms with van der Waals surface area (Å²) in [5.41, 5.74) is 5.71. The van der Waals surface area contributed by atoms with E-state index >= 15 is 0 Å². The van der Waals surface area contributed by atoms with Crippen molar-refractivity contribution in [3.8, 4) is 22.4 Å². The van der Waals surface area contributed by atoms with Crippen LogP contribution < -0.4 is 5.32 Å². The van der Waals surface area contributed by atoms with E-state index in [1.807, 2.05) is 30.5 Å². The van der Waals surface area contributed by atoms with E-state index in [1.165, 1.54) is 18.3 Å². The number of imidazole rings is 1. The Bertz CT molecular complexity index is 1640. The minimum Gasteiger partial charge on any atom is -0.321 e. The van der Waals surface area contributed by atoms with Gasteiger partial charge in [-0.1, -0.05) is 12.6 Å². The minimum atomic E-state index is -0.344. The molecule has 2 aromatic carbocycles. The summed E-state index contributed by atoms with van der Waals surface area (Å²) in [6.07, 6.45) is 6.28. The summed E-state index contributed by atoms with van der Waals surface area (Å²) in [5, 5.41) is 2.84. The molecule has 0 aliphatic carbocycles. The van der Waals surface area contributed by atoms with Gasteiger partial charge in [-0.25, -0.2) is 9.37 Å². The number of ketones is 1. The molecular weight excluding hydrogens is 455 g/mol. The number of fused-ring (bicyclic) bond motifs is 1. The number of halogens is 1. The van der Waals surface area contributed by atoms with Gasteiger partial charge in [-0.05, 0) is 79.2 Å². The number of aryl methyl sites for hydroxylation is 1. The van der Waals surface area contributed by atoms with E-state index < -0.39 is 0 Å². The highest BCUT2D eigenvalue weighted by molar-refractivity contribution is 6.06. The third kappa shape index (κ3) is 4.30. The molecule has 5 aromatic rings. The molecular formula is C29H21FN4O2.